The molecule has 86 valence electrons. The quantitative estimate of drug-likeness (QED) is 0.590. The number of ketones is 1. The Kier molecular flexibility index (Phi) is 4.93. The van der Waals surface area contributed by atoms with E-state index in [1.54, 1.807) is 13.0 Å². The Morgan fingerprint density at radius 3 is 2.38 bits per heavy atom. The summed E-state index contributed by atoms with van der Waals surface area (Å²) in [6.07, 6.45) is 1.69. The lowest BCUT2D eigenvalue weighted by Gasteiger charge is -2.24. The lowest BCUT2D eigenvalue weighted by Crippen LogP contribution is -2.20. The largest absolute Gasteiger partial charge is 0.295 e. The minimum Gasteiger partial charge on any atom is -0.295 e. The van der Waals surface area contributed by atoms with Crippen LogP contribution in [-0.4, -0.2) is 15.4 Å². The zero-order chi connectivity index (χ0) is 12.2. The van der Waals surface area contributed by atoms with Gasteiger partial charge in [-0.25, -0.2) is 0 Å². The van der Waals surface area contributed by atoms with Crippen molar-refractivity contribution < 1.29 is 4.79 Å². The van der Waals surface area contributed by atoms with Crippen LogP contribution in [0.3, 0.4) is 0 Å². The van der Waals surface area contributed by atoms with Gasteiger partial charge in [0.25, 0.3) is 0 Å². The van der Waals surface area contributed by atoms with Crippen LogP contribution in [0.4, 0.5) is 0 Å². The van der Waals surface area contributed by atoms with Crippen LogP contribution >= 0.6 is 31.9 Å². The van der Waals surface area contributed by atoms with Crippen molar-refractivity contribution in [2.24, 2.45) is 0 Å². The van der Waals surface area contributed by atoms with Crippen LogP contribution in [-0.2, 0) is 4.79 Å². The van der Waals surface area contributed by atoms with Crippen LogP contribution in [0.15, 0.2) is 36.4 Å². The second-order valence-electron chi connectivity index (χ2n) is 3.87. The molecule has 1 aromatic rings. The molecule has 1 nitrogen and oxygen atoms in total. The molecule has 0 heterocycles. The van der Waals surface area contributed by atoms with Gasteiger partial charge in [-0.1, -0.05) is 62.2 Å². The number of alkyl halides is 2. The van der Waals surface area contributed by atoms with Gasteiger partial charge in [0.15, 0.2) is 5.78 Å². The van der Waals surface area contributed by atoms with E-state index in [9.17, 15) is 4.79 Å². The number of hydrogen-bond acceptors (Lipinski definition) is 1. The van der Waals surface area contributed by atoms with Crippen LogP contribution in [0.2, 0.25) is 0 Å². The van der Waals surface area contributed by atoms with Gasteiger partial charge < -0.3 is 0 Å². The maximum Gasteiger partial charge on any atom is 0.152 e. The molecular formula is C13H14Br2O. The van der Waals surface area contributed by atoms with E-state index in [0.717, 1.165) is 16.5 Å². The molecule has 0 aliphatic rings. The number of halogens is 2. The van der Waals surface area contributed by atoms with Gasteiger partial charge in [0, 0.05) is 5.33 Å². The van der Waals surface area contributed by atoms with Gasteiger partial charge in [0.1, 0.15) is 0 Å². The van der Waals surface area contributed by atoms with Crippen molar-refractivity contribution in [2.45, 2.75) is 18.2 Å². The van der Waals surface area contributed by atoms with E-state index in [1.165, 1.54) is 0 Å². The number of hydrogen-bond donors (Lipinski definition) is 0. The van der Waals surface area contributed by atoms with Crippen molar-refractivity contribution in [1.29, 1.82) is 0 Å². The minimum atomic E-state index is -0.236. The second kappa shape index (κ2) is 5.78. The molecule has 0 radical (unpaired) electrons. The molecule has 1 unspecified atom stereocenters. The third-order valence-electron chi connectivity index (χ3n) is 2.24. The predicted octanol–water partition coefficient (Wildman–Crippen LogP) is 4.21. The van der Waals surface area contributed by atoms with Crippen molar-refractivity contribution in [1.82, 2.24) is 0 Å². The average molecular weight is 346 g/mol. The molecule has 0 bridgehead atoms. The first kappa shape index (κ1) is 13.7. The highest BCUT2D eigenvalue weighted by Gasteiger charge is 2.25. The van der Waals surface area contributed by atoms with E-state index >= 15 is 0 Å². The van der Waals surface area contributed by atoms with Crippen LogP contribution in [0.5, 0.6) is 0 Å². The van der Waals surface area contributed by atoms with Crippen molar-refractivity contribution >= 4 is 43.2 Å². The van der Waals surface area contributed by atoms with Gasteiger partial charge in [-0.3, -0.25) is 4.79 Å². The fourth-order valence-electron chi connectivity index (χ4n) is 1.43. The Morgan fingerprint density at radius 1 is 1.38 bits per heavy atom. The molecule has 0 aliphatic heterocycles. The Morgan fingerprint density at radius 2 is 1.94 bits per heavy atom. The molecular weight excluding hydrogens is 332 g/mol. The maximum atomic E-state index is 11.3. The van der Waals surface area contributed by atoms with E-state index in [-0.39, 0.29) is 10.1 Å². The standard InChI is InChI=1S/C13H14Br2O/c1-10(16)8-12(13(2,15)9-14)11-6-4-3-5-7-11/h3-8H,9H2,1-2H3/b12-8-. The maximum absolute atomic E-state index is 11.3. The molecule has 0 spiro atoms. The SMILES string of the molecule is CC(=O)/C=C(/c1ccccc1)C(C)(Br)CBr. The molecule has 0 saturated carbocycles. The molecule has 0 amide bonds. The molecule has 1 rings (SSSR count). The lowest BCUT2D eigenvalue weighted by atomic mass is 9.94. The van der Waals surface area contributed by atoms with E-state index in [2.05, 4.69) is 31.9 Å². The lowest BCUT2D eigenvalue weighted by molar-refractivity contribution is -0.112. The Hall–Kier alpha value is -0.410. The van der Waals surface area contributed by atoms with E-state index in [4.69, 9.17) is 0 Å². The highest BCUT2D eigenvalue weighted by Crippen LogP contribution is 2.36. The third-order valence-corrected chi connectivity index (χ3v) is 4.83. The molecule has 0 N–H and O–H groups in total. The summed E-state index contributed by atoms with van der Waals surface area (Å²) in [6.45, 7) is 3.61. The fraction of sp³-hybridized carbons (Fsp3) is 0.308. The zero-order valence-electron chi connectivity index (χ0n) is 9.34. The molecule has 0 aromatic heterocycles. The van der Waals surface area contributed by atoms with Crippen LogP contribution in [0.1, 0.15) is 19.4 Å². The summed E-state index contributed by atoms with van der Waals surface area (Å²) >= 11 is 7.11. The van der Waals surface area contributed by atoms with Gasteiger partial charge >= 0.3 is 0 Å². The normalized spacial score (nSPS) is 15.6. The van der Waals surface area contributed by atoms with Gasteiger partial charge in [0.2, 0.25) is 0 Å². The monoisotopic (exact) mass is 344 g/mol. The van der Waals surface area contributed by atoms with Gasteiger partial charge in [-0.2, -0.15) is 0 Å². The Balaban J connectivity index is 3.23. The summed E-state index contributed by atoms with van der Waals surface area (Å²) < 4.78 is -0.236. The highest BCUT2D eigenvalue weighted by atomic mass is 79.9. The van der Waals surface area contributed by atoms with Gasteiger partial charge in [-0.05, 0) is 31.1 Å². The topological polar surface area (TPSA) is 17.1 Å². The number of benzene rings is 1. The zero-order valence-corrected chi connectivity index (χ0v) is 12.5. The second-order valence-corrected chi connectivity index (χ2v) is 6.18. The summed E-state index contributed by atoms with van der Waals surface area (Å²) in [5.74, 6) is 0.0606. The molecule has 3 heteroatoms. The fourth-order valence-corrected chi connectivity index (χ4v) is 2.07. The first-order chi connectivity index (χ1) is 7.47. The number of rotatable bonds is 4. The average Bonchev–Trinajstić information content (AvgIpc) is 2.27. The molecule has 16 heavy (non-hydrogen) atoms. The van der Waals surface area contributed by atoms with Crippen molar-refractivity contribution in [3.05, 3.63) is 42.0 Å². The van der Waals surface area contributed by atoms with Crippen LogP contribution in [0, 0.1) is 0 Å². The van der Waals surface area contributed by atoms with E-state index in [0.29, 0.717) is 0 Å². The predicted molar refractivity (Wildman–Crippen MR) is 76.2 cm³/mol. The Labute approximate surface area is 113 Å². The highest BCUT2D eigenvalue weighted by molar-refractivity contribution is 9.12. The van der Waals surface area contributed by atoms with Gasteiger partial charge in [-0.15, -0.1) is 0 Å². The summed E-state index contributed by atoms with van der Waals surface area (Å²) in [5.41, 5.74) is 2.06. The third kappa shape index (κ3) is 3.56. The van der Waals surface area contributed by atoms with E-state index in [1.807, 2.05) is 37.3 Å². The van der Waals surface area contributed by atoms with Crippen LogP contribution < -0.4 is 0 Å². The summed E-state index contributed by atoms with van der Waals surface area (Å²) in [5, 5.41) is 0.744. The van der Waals surface area contributed by atoms with Crippen LogP contribution in [0.25, 0.3) is 5.57 Å². The number of carbonyl (C=O) groups is 1. The van der Waals surface area contributed by atoms with Gasteiger partial charge in [0.05, 0.1) is 4.32 Å². The summed E-state index contributed by atoms with van der Waals surface area (Å²) in [6, 6.07) is 9.93. The van der Waals surface area contributed by atoms with Crippen molar-refractivity contribution in [2.75, 3.05) is 5.33 Å². The molecule has 1 aromatic carbocycles. The number of allylic oxidation sites excluding steroid dienone is 2. The van der Waals surface area contributed by atoms with Crippen molar-refractivity contribution in [3.8, 4) is 0 Å². The van der Waals surface area contributed by atoms with Crippen molar-refractivity contribution in [3.63, 3.8) is 0 Å². The molecule has 0 aliphatic carbocycles. The van der Waals surface area contributed by atoms with E-state index < -0.39 is 0 Å². The summed E-state index contributed by atoms with van der Waals surface area (Å²) in [7, 11) is 0. The Bertz CT molecular complexity index is 394. The molecule has 0 saturated heterocycles. The number of carbonyl (C=O) groups excluding carboxylic acids is 1. The summed E-state index contributed by atoms with van der Waals surface area (Å²) in [4.78, 5) is 11.3. The molecule has 0 fully saturated rings. The smallest absolute Gasteiger partial charge is 0.152 e. The first-order valence-electron chi connectivity index (χ1n) is 5.00. The first-order valence-corrected chi connectivity index (χ1v) is 6.92. The molecule has 1 atom stereocenters. The minimum absolute atomic E-state index is 0.0606.